The normalized spacial score (nSPS) is 29.5. The molecule has 2 nitrogen and oxygen atoms in total. The first kappa shape index (κ1) is 11.8. The van der Waals surface area contributed by atoms with Crippen LogP contribution in [0.1, 0.15) is 56.1 Å². The van der Waals surface area contributed by atoms with Crippen molar-refractivity contribution in [2.45, 2.75) is 57.0 Å². The first-order valence-electron chi connectivity index (χ1n) is 7.86. The molecule has 102 valence electrons. The molecule has 3 aliphatic rings. The SMILES string of the molecule is CC(C)c1ccc(N2CC3CC2CN3)cc1C1CC1. The summed E-state index contributed by atoms with van der Waals surface area (Å²) in [5.74, 6) is 1.51. The summed E-state index contributed by atoms with van der Waals surface area (Å²) in [7, 11) is 0. The van der Waals surface area contributed by atoms with Crippen molar-refractivity contribution >= 4 is 5.69 Å². The number of rotatable bonds is 3. The van der Waals surface area contributed by atoms with Crippen LogP contribution < -0.4 is 10.2 Å². The topological polar surface area (TPSA) is 15.3 Å². The third-order valence-corrected chi connectivity index (χ3v) is 5.10. The Morgan fingerprint density at radius 1 is 1.26 bits per heavy atom. The molecule has 1 aliphatic carbocycles. The molecule has 0 aromatic heterocycles. The maximum absolute atomic E-state index is 3.59. The zero-order chi connectivity index (χ0) is 13.0. The van der Waals surface area contributed by atoms with Crippen molar-refractivity contribution in [2.24, 2.45) is 0 Å². The molecule has 19 heavy (non-hydrogen) atoms. The zero-order valence-corrected chi connectivity index (χ0v) is 12.0. The molecule has 0 radical (unpaired) electrons. The molecule has 1 N–H and O–H groups in total. The van der Waals surface area contributed by atoms with Crippen molar-refractivity contribution in [3.63, 3.8) is 0 Å². The smallest absolute Gasteiger partial charge is 0.0430 e. The van der Waals surface area contributed by atoms with Gasteiger partial charge in [0.2, 0.25) is 0 Å². The number of fused-ring (bicyclic) bond motifs is 2. The molecule has 2 heteroatoms. The van der Waals surface area contributed by atoms with Crippen LogP contribution in [0.2, 0.25) is 0 Å². The standard InChI is InChI=1S/C17H24N2/c1-11(2)16-6-5-14(8-17(16)12-3-4-12)19-10-13-7-15(19)9-18-13/h5-6,8,11-13,15,18H,3-4,7,9-10H2,1-2H3. The highest BCUT2D eigenvalue weighted by Crippen LogP contribution is 2.45. The average Bonchev–Trinajstić information content (AvgIpc) is 3.05. The van der Waals surface area contributed by atoms with Crippen LogP contribution in [0.4, 0.5) is 5.69 Å². The van der Waals surface area contributed by atoms with E-state index in [0.29, 0.717) is 5.92 Å². The summed E-state index contributed by atoms with van der Waals surface area (Å²) >= 11 is 0. The maximum atomic E-state index is 3.59. The van der Waals surface area contributed by atoms with E-state index in [1.165, 1.54) is 38.0 Å². The van der Waals surface area contributed by atoms with Crippen molar-refractivity contribution in [3.8, 4) is 0 Å². The van der Waals surface area contributed by atoms with E-state index in [2.05, 4.69) is 42.3 Å². The first-order valence-corrected chi connectivity index (χ1v) is 7.86. The Hall–Kier alpha value is -1.02. The number of benzene rings is 1. The number of nitrogens with one attached hydrogen (secondary N) is 1. The lowest BCUT2D eigenvalue weighted by molar-refractivity contribution is 0.580. The second kappa shape index (κ2) is 4.24. The highest BCUT2D eigenvalue weighted by molar-refractivity contribution is 5.55. The van der Waals surface area contributed by atoms with Crippen LogP contribution in [-0.2, 0) is 0 Å². The molecular formula is C17H24N2. The Morgan fingerprint density at radius 3 is 2.68 bits per heavy atom. The predicted octanol–water partition coefficient (Wildman–Crippen LogP) is 3.24. The van der Waals surface area contributed by atoms with E-state index in [1.807, 2.05) is 0 Å². The fourth-order valence-electron chi connectivity index (χ4n) is 3.89. The minimum absolute atomic E-state index is 0.654. The fourth-order valence-corrected chi connectivity index (χ4v) is 3.89. The Morgan fingerprint density at radius 2 is 2.11 bits per heavy atom. The minimum atomic E-state index is 0.654. The highest BCUT2D eigenvalue weighted by Gasteiger charge is 2.38. The number of hydrogen-bond donors (Lipinski definition) is 1. The van der Waals surface area contributed by atoms with Crippen LogP contribution in [0.15, 0.2) is 18.2 Å². The summed E-state index contributed by atoms with van der Waals surface area (Å²) in [4.78, 5) is 2.64. The average molecular weight is 256 g/mol. The van der Waals surface area contributed by atoms with E-state index in [9.17, 15) is 0 Å². The van der Waals surface area contributed by atoms with Gasteiger partial charge < -0.3 is 10.2 Å². The van der Waals surface area contributed by atoms with Gasteiger partial charge in [-0.1, -0.05) is 19.9 Å². The molecule has 0 amide bonds. The van der Waals surface area contributed by atoms with E-state index in [4.69, 9.17) is 0 Å². The van der Waals surface area contributed by atoms with E-state index in [-0.39, 0.29) is 0 Å². The Kier molecular flexibility index (Phi) is 2.63. The Bertz CT molecular complexity index is 490. The molecule has 1 aromatic rings. The Balaban J connectivity index is 1.68. The number of anilines is 1. The van der Waals surface area contributed by atoms with Gasteiger partial charge in [-0.25, -0.2) is 0 Å². The summed E-state index contributed by atoms with van der Waals surface area (Å²) in [5, 5.41) is 3.59. The van der Waals surface area contributed by atoms with E-state index < -0.39 is 0 Å². The van der Waals surface area contributed by atoms with Gasteiger partial charge in [-0.3, -0.25) is 0 Å². The van der Waals surface area contributed by atoms with Crippen molar-refractivity contribution in [1.82, 2.24) is 5.32 Å². The predicted molar refractivity (Wildman–Crippen MR) is 80.0 cm³/mol. The summed E-state index contributed by atoms with van der Waals surface area (Å²) < 4.78 is 0. The molecule has 2 atom stereocenters. The second-order valence-corrected chi connectivity index (χ2v) is 6.89. The summed E-state index contributed by atoms with van der Waals surface area (Å²) in [5.41, 5.74) is 4.69. The number of piperazine rings is 1. The molecule has 4 rings (SSSR count). The molecule has 1 aromatic carbocycles. The number of hydrogen-bond acceptors (Lipinski definition) is 2. The van der Waals surface area contributed by atoms with Crippen molar-refractivity contribution < 1.29 is 0 Å². The largest absolute Gasteiger partial charge is 0.366 e. The van der Waals surface area contributed by atoms with Crippen molar-refractivity contribution in [2.75, 3.05) is 18.0 Å². The van der Waals surface area contributed by atoms with Gasteiger partial charge in [0.05, 0.1) is 0 Å². The van der Waals surface area contributed by atoms with Crippen molar-refractivity contribution in [1.29, 1.82) is 0 Å². The summed E-state index contributed by atoms with van der Waals surface area (Å²) in [6.07, 6.45) is 4.14. The summed E-state index contributed by atoms with van der Waals surface area (Å²) in [6, 6.07) is 8.74. The zero-order valence-electron chi connectivity index (χ0n) is 12.0. The van der Waals surface area contributed by atoms with Gasteiger partial charge in [0, 0.05) is 30.9 Å². The third-order valence-electron chi connectivity index (χ3n) is 5.10. The molecule has 2 bridgehead atoms. The molecular weight excluding hydrogens is 232 g/mol. The Labute approximate surface area is 116 Å². The molecule has 1 saturated carbocycles. The van der Waals surface area contributed by atoms with Gasteiger partial charge in [-0.05, 0) is 54.4 Å². The molecule has 2 saturated heterocycles. The van der Waals surface area contributed by atoms with Gasteiger partial charge in [0.1, 0.15) is 0 Å². The first-order chi connectivity index (χ1) is 9.22. The lowest BCUT2D eigenvalue weighted by atomic mass is 9.93. The number of nitrogens with zero attached hydrogens (tertiary/aromatic N) is 1. The van der Waals surface area contributed by atoms with Crippen LogP contribution >= 0.6 is 0 Å². The van der Waals surface area contributed by atoms with Gasteiger partial charge in [0.25, 0.3) is 0 Å². The quantitative estimate of drug-likeness (QED) is 0.893. The van der Waals surface area contributed by atoms with Crippen LogP contribution in [-0.4, -0.2) is 25.2 Å². The van der Waals surface area contributed by atoms with Gasteiger partial charge in [0.15, 0.2) is 0 Å². The van der Waals surface area contributed by atoms with Gasteiger partial charge in [-0.2, -0.15) is 0 Å². The molecule has 3 fully saturated rings. The lowest BCUT2D eigenvalue weighted by Gasteiger charge is -2.30. The monoisotopic (exact) mass is 256 g/mol. The lowest BCUT2D eigenvalue weighted by Crippen LogP contribution is -2.43. The van der Waals surface area contributed by atoms with E-state index in [0.717, 1.165) is 18.0 Å². The molecule has 0 spiro atoms. The van der Waals surface area contributed by atoms with E-state index >= 15 is 0 Å². The van der Waals surface area contributed by atoms with E-state index in [1.54, 1.807) is 11.1 Å². The van der Waals surface area contributed by atoms with Gasteiger partial charge >= 0.3 is 0 Å². The maximum Gasteiger partial charge on any atom is 0.0430 e. The van der Waals surface area contributed by atoms with Crippen LogP contribution in [0.25, 0.3) is 0 Å². The summed E-state index contributed by atoms with van der Waals surface area (Å²) in [6.45, 7) is 7.02. The van der Waals surface area contributed by atoms with Gasteiger partial charge in [-0.15, -0.1) is 0 Å². The molecule has 2 heterocycles. The van der Waals surface area contributed by atoms with Crippen LogP contribution in [0.3, 0.4) is 0 Å². The fraction of sp³-hybridized carbons (Fsp3) is 0.647. The highest BCUT2D eigenvalue weighted by atomic mass is 15.3. The minimum Gasteiger partial charge on any atom is -0.366 e. The van der Waals surface area contributed by atoms with Crippen molar-refractivity contribution in [3.05, 3.63) is 29.3 Å². The second-order valence-electron chi connectivity index (χ2n) is 6.89. The van der Waals surface area contributed by atoms with Crippen LogP contribution in [0, 0.1) is 0 Å². The third kappa shape index (κ3) is 1.97. The molecule has 2 unspecified atom stereocenters. The van der Waals surface area contributed by atoms with Crippen LogP contribution in [0.5, 0.6) is 0 Å². The molecule has 2 aliphatic heterocycles.